The second-order valence-corrected chi connectivity index (χ2v) is 0.781. The van der Waals surface area contributed by atoms with Crippen LogP contribution < -0.4 is 29.6 Å². The summed E-state index contributed by atoms with van der Waals surface area (Å²) in [6.07, 6.45) is 0. The van der Waals surface area contributed by atoms with Crippen molar-refractivity contribution in [2.45, 2.75) is 13.8 Å². The van der Waals surface area contributed by atoms with Crippen LogP contribution in [-0.2, 0) is 4.74 Å². The Morgan fingerprint density at radius 2 is 1.67 bits per heavy atom. The van der Waals surface area contributed by atoms with Crippen molar-refractivity contribution in [3.05, 3.63) is 0 Å². The van der Waals surface area contributed by atoms with Gasteiger partial charge in [-0.3, -0.25) is 0 Å². The van der Waals surface area contributed by atoms with Crippen molar-refractivity contribution in [2.24, 2.45) is 0 Å². The quantitative estimate of drug-likeness (QED) is 0.369. The van der Waals surface area contributed by atoms with E-state index in [-0.39, 0.29) is 31.0 Å². The minimum atomic E-state index is 0. The van der Waals surface area contributed by atoms with Crippen molar-refractivity contribution < 1.29 is 35.7 Å². The molecule has 0 saturated heterocycles. The van der Waals surface area contributed by atoms with Crippen LogP contribution in [-0.4, -0.2) is 13.2 Å². The molecule has 0 rings (SSSR count). The molecule has 0 saturated carbocycles. The molecule has 0 aliphatic carbocycles. The topological polar surface area (TPSA) is 9.23 Å². The summed E-state index contributed by atoms with van der Waals surface area (Å²) in [5, 5.41) is 0. The second kappa shape index (κ2) is 9.35. The Bertz CT molecular complexity index is 19.2. The van der Waals surface area contributed by atoms with Crippen molar-refractivity contribution >= 4 is 0 Å². The molecule has 0 aromatic carbocycles. The normalized spacial score (nSPS) is 7.00. The average molecular weight is 98.1 g/mol. The average Bonchev–Trinajstić information content (AvgIpc) is 1.41. The summed E-state index contributed by atoms with van der Waals surface area (Å²) in [5.41, 5.74) is 0. The van der Waals surface area contributed by atoms with E-state index in [1.165, 1.54) is 0 Å². The van der Waals surface area contributed by atoms with Gasteiger partial charge in [-0.05, 0) is 13.8 Å². The number of ether oxygens (including phenoxy) is 1. The Hall–Kier alpha value is 0.960. The third-order valence-electron chi connectivity index (χ3n) is 0.408. The van der Waals surface area contributed by atoms with Crippen LogP contribution in [0.5, 0.6) is 0 Å². The van der Waals surface area contributed by atoms with Gasteiger partial charge in [0, 0.05) is 13.2 Å². The molecule has 0 fully saturated rings. The van der Waals surface area contributed by atoms with Gasteiger partial charge in [-0.1, -0.05) is 0 Å². The minimum absolute atomic E-state index is 0. The van der Waals surface area contributed by atoms with Crippen molar-refractivity contribution in [2.75, 3.05) is 13.2 Å². The molecule has 0 heterocycles. The van der Waals surface area contributed by atoms with Crippen LogP contribution in [0.1, 0.15) is 15.3 Å². The molecular formula is C4H11NaO. The van der Waals surface area contributed by atoms with Crippen LogP contribution in [0.15, 0.2) is 0 Å². The molecule has 1 nitrogen and oxygen atoms in total. The van der Waals surface area contributed by atoms with E-state index in [0.717, 1.165) is 13.2 Å². The summed E-state index contributed by atoms with van der Waals surface area (Å²) in [6.45, 7) is 5.67. The standard InChI is InChI=1S/C4H10O.Na.H/c1-3-5-4-2;;/h3-4H2,1-2H3;;/q;+1;-1. The molecule has 0 N–H and O–H groups in total. The van der Waals surface area contributed by atoms with Crippen molar-refractivity contribution in [1.82, 2.24) is 0 Å². The molecule has 2 heteroatoms. The smallest absolute Gasteiger partial charge is 1.00 e. The first-order valence-corrected chi connectivity index (χ1v) is 1.99. The molecule has 34 valence electrons. The molecule has 6 heavy (non-hydrogen) atoms. The van der Waals surface area contributed by atoms with Crippen LogP contribution in [0.4, 0.5) is 0 Å². The molecule has 0 amide bonds. The minimum Gasteiger partial charge on any atom is -1.00 e. The van der Waals surface area contributed by atoms with Gasteiger partial charge in [-0.2, -0.15) is 0 Å². The zero-order chi connectivity index (χ0) is 4.12. The number of hydrogen-bond donors (Lipinski definition) is 0. The summed E-state index contributed by atoms with van der Waals surface area (Å²) in [5.74, 6) is 0. The van der Waals surface area contributed by atoms with Gasteiger partial charge in [0.15, 0.2) is 0 Å². The molecule has 0 bridgehead atoms. The zero-order valence-corrected chi connectivity index (χ0v) is 6.82. The van der Waals surface area contributed by atoms with Gasteiger partial charge in [-0.15, -0.1) is 0 Å². The molecular weight excluding hydrogens is 87.0 g/mol. The number of hydrogen-bond acceptors (Lipinski definition) is 1. The third-order valence-corrected chi connectivity index (χ3v) is 0.408. The summed E-state index contributed by atoms with van der Waals surface area (Å²) < 4.78 is 4.83. The van der Waals surface area contributed by atoms with Gasteiger partial charge in [0.1, 0.15) is 0 Å². The third kappa shape index (κ3) is 8.88. The Kier molecular flexibility index (Phi) is 15.7. The fourth-order valence-electron chi connectivity index (χ4n) is 0.204. The first kappa shape index (κ1) is 10.0. The van der Waals surface area contributed by atoms with Crippen molar-refractivity contribution in [1.29, 1.82) is 0 Å². The summed E-state index contributed by atoms with van der Waals surface area (Å²) in [4.78, 5) is 0. The summed E-state index contributed by atoms with van der Waals surface area (Å²) >= 11 is 0. The van der Waals surface area contributed by atoms with Gasteiger partial charge in [-0.25, -0.2) is 0 Å². The molecule has 0 aliphatic heterocycles. The van der Waals surface area contributed by atoms with Crippen LogP contribution in [0.2, 0.25) is 0 Å². The predicted octanol–water partition coefficient (Wildman–Crippen LogP) is -1.84. The summed E-state index contributed by atoms with van der Waals surface area (Å²) in [7, 11) is 0. The zero-order valence-electron chi connectivity index (χ0n) is 5.82. The Morgan fingerprint density at radius 1 is 1.33 bits per heavy atom. The largest absolute Gasteiger partial charge is 1.00 e. The van der Waals surface area contributed by atoms with Gasteiger partial charge in [0.2, 0.25) is 0 Å². The van der Waals surface area contributed by atoms with Gasteiger partial charge < -0.3 is 6.16 Å². The Balaban J connectivity index is -0.0000000800. The first-order valence-electron chi connectivity index (χ1n) is 1.99. The van der Waals surface area contributed by atoms with E-state index in [9.17, 15) is 0 Å². The SMILES string of the molecule is CCOCC.[H-].[Na+]. The molecule has 0 spiro atoms. The molecule has 0 radical (unpaired) electrons. The molecule has 0 atom stereocenters. The molecule has 0 aliphatic rings. The van der Waals surface area contributed by atoms with Crippen LogP contribution in [0.25, 0.3) is 0 Å². The predicted molar refractivity (Wildman–Crippen MR) is 23.3 cm³/mol. The van der Waals surface area contributed by atoms with E-state index >= 15 is 0 Å². The molecule has 0 aromatic rings. The monoisotopic (exact) mass is 98.1 g/mol. The van der Waals surface area contributed by atoms with E-state index in [2.05, 4.69) is 0 Å². The maximum atomic E-state index is 4.83. The Morgan fingerprint density at radius 3 is 1.67 bits per heavy atom. The first-order chi connectivity index (χ1) is 2.41. The van der Waals surface area contributed by atoms with Crippen LogP contribution in [0.3, 0.4) is 0 Å². The maximum Gasteiger partial charge on any atom is 1.00 e. The number of rotatable bonds is 2. The fraction of sp³-hybridized carbons (Fsp3) is 1.00. The van der Waals surface area contributed by atoms with E-state index in [0.29, 0.717) is 0 Å². The van der Waals surface area contributed by atoms with Crippen molar-refractivity contribution in [3.8, 4) is 0 Å². The Labute approximate surface area is 62.8 Å². The van der Waals surface area contributed by atoms with Gasteiger partial charge in [0.25, 0.3) is 0 Å². The van der Waals surface area contributed by atoms with Gasteiger partial charge in [0.05, 0.1) is 0 Å². The van der Waals surface area contributed by atoms with Crippen LogP contribution >= 0.6 is 0 Å². The van der Waals surface area contributed by atoms with Crippen molar-refractivity contribution in [3.63, 3.8) is 0 Å². The second-order valence-electron chi connectivity index (χ2n) is 0.781. The molecule has 0 aromatic heterocycles. The summed E-state index contributed by atoms with van der Waals surface area (Å²) in [6, 6.07) is 0. The van der Waals surface area contributed by atoms with Gasteiger partial charge >= 0.3 is 29.6 Å². The maximum absolute atomic E-state index is 4.83. The van der Waals surface area contributed by atoms with Crippen LogP contribution in [0, 0.1) is 0 Å². The van der Waals surface area contributed by atoms with E-state index < -0.39 is 0 Å². The molecule has 0 unspecified atom stereocenters. The van der Waals surface area contributed by atoms with E-state index in [4.69, 9.17) is 4.74 Å². The van der Waals surface area contributed by atoms with E-state index in [1.807, 2.05) is 13.8 Å². The fourth-order valence-corrected chi connectivity index (χ4v) is 0.204. The van der Waals surface area contributed by atoms with E-state index in [1.54, 1.807) is 0 Å².